The molecule has 0 bridgehead atoms. The van der Waals surface area contributed by atoms with Crippen molar-refractivity contribution in [3.05, 3.63) is 54.2 Å². The first-order valence-electron chi connectivity index (χ1n) is 12.8. The lowest BCUT2D eigenvalue weighted by molar-refractivity contribution is 0.0989. The Kier molecular flexibility index (Phi) is 7.62. The van der Waals surface area contributed by atoms with Gasteiger partial charge in [-0.25, -0.2) is 4.98 Å². The third kappa shape index (κ3) is 5.73. The molecule has 0 amide bonds. The van der Waals surface area contributed by atoms with E-state index in [0.29, 0.717) is 12.0 Å². The maximum absolute atomic E-state index is 5.68. The smallest absolute Gasteiger partial charge is 0.229 e. The fourth-order valence-corrected chi connectivity index (χ4v) is 4.87. The van der Waals surface area contributed by atoms with E-state index in [1.165, 1.54) is 11.4 Å². The minimum atomic E-state index is 0.306. The molecule has 3 aromatic rings. The number of aryl methyl sites for hydroxylation is 1. The van der Waals surface area contributed by atoms with Crippen LogP contribution in [0.1, 0.15) is 12.5 Å². The Morgan fingerprint density at radius 2 is 1.78 bits per heavy atom. The number of nitrogens with zero attached hydrogens (tertiary/aromatic N) is 5. The first-order valence-corrected chi connectivity index (χ1v) is 12.8. The first-order chi connectivity index (χ1) is 18.0. The average molecular weight is 505 g/mol. The highest BCUT2D eigenvalue weighted by atomic mass is 16.5. The molecule has 1 N–H and O–H groups in total. The molecule has 0 radical (unpaired) electrons. The molecule has 3 heterocycles. The van der Waals surface area contributed by atoms with Crippen molar-refractivity contribution in [2.45, 2.75) is 19.9 Å². The van der Waals surface area contributed by atoms with E-state index in [4.69, 9.17) is 19.2 Å². The number of benzene rings is 2. The van der Waals surface area contributed by atoms with Gasteiger partial charge in [-0.3, -0.25) is 0 Å². The average Bonchev–Trinajstić information content (AvgIpc) is 2.93. The number of rotatable bonds is 7. The summed E-state index contributed by atoms with van der Waals surface area (Å²) in [6.07, 6.45) is 1.79. The van der Waals surface area contributed by atoms with Crippen molar-refractivity contribution < 1.29 is 14.2 Å². The minimum Gasteiger partial charge on any atom is -0.497 e. The summed E-state index contributed by atoms with van der Waals surface area (Å²) < 4.78 is 16.7. The summed E-state index contributed by atoms with van der Waals surface area (Å²) in [7, 11) is 3.68. The number of aromatic nitrogens is 2. The number of methoxy groups -OCH3 is 1. The van der Waals surface area contributed by atoms with Crippen LogP contribution in [0.3, 0.4) is 0 Å². The Hall–Kier alpha value is -3.56. The molecule has 2 fully saturated rings. The zero-order chi connectivity index (χ0) is 25.8. The van der Waals surface area contributed by atoms with Crippen LogP contribution in [0.4, 0.5) is 34.5 Å². The van der Waals surface area contributed by atoms with E-state index in [1.807, 2.05) is 25.2 Å². The van der Waals surface area contributed by atoms with Gasteiger partial charge in [-0.05, 0) is 49.7 Å². The molecular formula is C28H36N6O3. The van der Waals surface area contributed by atoms with Crippen LogP contribution in [-0.2, 0) is 9.47 Å². The molecule has 2 saturated heterocycles. The molecule has 2 aliphatic rings. The van der Waals surface area contributed by atoms with Crippen LogP contribution >= 0.6 is 0 Å². The molecule has 9 nitrogen and oxygen atoms in total. The highest BCUT2D eigenvalue weighted by Crippen LogP contribution is 2.33. The van der Waals surface area contributed by atoms with Crippen molar-refractivity contribution in [2.24, 2.45) is 0 Å². The van der Waals surface area contributed by atoms with E-state index >= 15 is 0 Å². The predicted molar refractivity (Wildman–Crippen MR) is 148 cm³/mol. The number of morpholine rings is 2. The number of hydrogen-bond donors (Lipinski definition) is 1. The van der Waals surface area contributed by atoms with Crippen LogP contribution < -0.4 is 24.8 Å². The molecule has 1 atom stereocenters. The van der Waals surface area contributed by atoms with Crippen molar-refractivity contribution in [3.8, 4) is 5.75 Å². The third-order valence-corrected chi connectivity index (χ3v) is 7.00. The standard InChI is InChI=1S/C28H36N6O3/c1-20-5-6-25(35-4)18-26(20)32(3)27-7-8-29-28(31-27)30-22-15-23(33-9-12-36-13-10-33)17-24(16-22)34-11-14-37-19-21(34)2/h5-8,15-18,21H,9-14,19H2,1-4H3,(H,29,30,31). The number of ether oxygens (including phenoxy) is 3. The number of nitrogens with one attached hydrogen (secondary N) is 1. The molecule has 2 aliphatic heterocycles. The summed E-state index contributed by atoms with van der Waals surface area (Å²) in [5, 5.41) is 3.47. The van der Waals surface area contributed by atoms with Gasteiger partial charge in [0, 0.05) is 67.7 Å². The van der Waals surface area contributed by atoms with Gasteiger partial charge in [0.25, 0.3) is 0 Å². The van der Waals surface area contributed by atoms with Crippen molar-refractivity contribution in [2.75, 3.05) is 80.2 Å². The molecule has 9 heteroatoms. The number of hydrogen-bond acceptors (Lipinski definition) is 9. The van der Waals surface area contributed by atoms with Gasteiger partial charge in [0.15, 0.2) is 0 Å². The molecule has 2 aromatic carbocycles. The Labute approximate surface area is 219 Å². The summed E-state index contributed by atoms with van der Waals surface area (Å²) in [6, 6.07) is 14.9. The SMILES string of the molecule is COc1ccc(C)c(N(C)c2ccnc(Nc3cc(N4CCOCC4)cc(N4CCOCC4C)c3)n2)c1. The second-order valence-corrected chi connectivity index (χ2v) is 9.53. The Balaban J connectivity index is 1.44. The fraction of sp³-hybridized carbons (Fsp3) is 0.429. The highest BCUT2D eigenvalue weighted by molar-refractivity contribution is 5.72. The zero-order valence-corrected chi connectivity index (χ0v) is 22.1. The quantitative estimate of drug-likeness (QED) is 0.505. The van der Waals surface area contributed by atoms with Gasteiger partial charge >= 0.3 is 0 Å². The van der Waals surface area contributed by atoms with Gasteiger partial charge < -0.3 is 34.2 Å². The van der Waals surface area contributed by atoms with Crippen LogP contribution in [0.25, 0.3) is 0 Å². The van der Waals surface area contributed by atoms with Crippen molar-refractivity contribution in [3.63, 3.8) is 0 Å². The second-order valence-electron chi connectivity index (χ2n) is 9.53. The summed E-state index contributed by atoms with van der Waals surface area (Å²) >= 11 is 0. The lowest BCUT2D eigenvalue weighted by Crippen LogP contribution is -2.44. The van der Waals surface area contributed by atoms with Gasteiger partial charge in [0.05, 0.1) is 33.5 Å². The van der Waals surface area contributed by atoms with Gasteiger partial charge in [-0.1, -0.05) is 6.07 Å². The Morgan fingerprint density at radius 1 is 1.00 bits per heavy atom. The summed E-state index contributed by atoms with van der Waals surface area (Å²) in [5.41, 5.74) is 5.46. The van der Waals surface area contributed by atoms with Crippen molar-refractivity contribution >= 4 is 34.5 Å². The molecule has 37 heavy (non-hydrogen) atoms. The molecular weight excluding hydrogens is 468 g/mol. The van der Waals surface area contributed by atoms with Crippen LogP contribution in [0.15, 0.2) is 48.7 Å². The Bertz CT molecular complexity index is 1220. The highest BCUT2D eigenvalue weighted by Gasteiger charge is 2.22. The largest absolute Gasteiger partial charge is 0.497 e. The zero-order valence-electron chi connectivity index (χ0n) is 22.1. The molecule has 1 aromatic heterocycles. The van der Waals surface area contributed by atoms with Gasteiger partial charge in [-0.2, -0.15) is 4.98 Å². The van der Waals surface area contributed by atoms with Crippen molar-refractivity contribution in [1.82, 2.24) is 9.97 Å². The molecule has 5 rings (SSSR count). The van der Waals surface area contributed by atoms with E-state index in [1.54, 1.807) is 13.3 Å². The second kappa shape index (κ2) is 11.2. The van der Waals surface area contributed by atoms with Crippen LogP contribution in [0.2, 0.25) is 0 Å². The first kappa shape index (κ1) is 25.1. The lowest BCUT2D eigenvalue weighted by Gasteiger charge is -2.37. The van der Waals surface area contributed by atoms with E-state index in [-0.39, 0.29) is 0 Å². The maximum Gasteiger partial charge on any atom is 0.229 e. The third-order valence-electron chi connectivity index (χ3n) is 7.00. The Morgan fingerprint density at radius 3 is 2.57 bits per heavy atom. The van der Waals surface area contributed by atoms with E-state index < -0.39 is 0 Å². The normalized spacial score (nSPS) is 18.0. The monoisotopic (exact) mass is 504 g/mol. The van der Waals surface area contributed by atoms with Crippen molar-refractivity contribution in [1.29, 1.82) is 0 Å². The van der Waals surface area contributed by atoms with E-state index in [2.05, 4.69) is 63.1 Å². The lowest BCUT2D eigenvalue weighted by atomic mass is 10.1. The van der Waals surface area contributed by atoms with Crippen LogP contribution in [0.5, 0.6) is 5.75 Å². The van der Waals surface area contributed by atoms with Crippen LogP contribution in [-0.4, -0.2) is 76.2 Å². The molecule has 0 saturated carbocycles. The predicted octanol–water partition coefficient (Wildman–Crippen LogP) is 4.37. The minimum absolute atomic E-state index is 0.306. The molecule has 0 spiro atoms. The van der Waals surface area contributed by atoms with E-state index in [0.717, 1.165) is 74.6 Å². The maximum atomic E-state index is 5.68. The van der Waals surface area contributed by atoms with Gasteiger partial charge in [0.2, 0.25) is 5.95 Å². The number of anilines is 6. The molecule has 1 unspecified atom stereocenters. The van der Waals surface area contributed by atoms with Gasteiger partial charge in [0.1, 0.15) is 11.6 Å². The molecule has 0 aliphatic carbocycles. The summed E-state index contributed by atoms with van der Waals surface area (Å²) in [5.74, 6) is 2.15. The van der Waals surface area contributed by atoms with E-state index in [9.17, 15) is 0 Å². The summed E-state index contributed by atoms with van der Waals surface area (Å²) in [4.78, 5) is 16.2. The molecule has 196 valence electrons. The fourth-order valence-electron chi connectivity index (χ4n) is 4.87. The summed E-state index contributed by atoms with van der Waals surface area (Å²) in [6.45, 7) is 9.83. The topological polar surface area (TPSA) is 75.2 Å². The van der Waals surface area contributed by atoms with Crippen LogP contribution in [0, 0.1) is 6.92 Å². The van der Waals surface area contributed by atoms with Gasteiger partial charge in [-0.15, -0.1) is 0 Å².